The summed E-state index contributed by atoms with van der Waals surface area (Å²) in [7, 11) is -6.14. The molecule has 0 radical (unpaired) electrons. The molecule has 14 heteroatoms. The van der Waals surface area contributed by atoms with E-state index in [1.807, 2.05) is 0 Å². The molecule has 1 saturated carbocycles. The Kier molecular flexibility index (Phi) is 6.23. The lowest BCUT2D eigenvalue weighted by molar-refractivity contribution is -0.362. The van der Waals surface area contributed by atoms with Gasteiger partial charge in [0.2, 0.25) is 0 Å². The highest BCUT2D eigenvalue weighted by Gasteiger charge is 2.75. The summed E-state index contributed by atoms with van der Waals surface area (Å²) in [6.45, 7) is 0. The Morgan fingerprint density at radius 1 is 1.00 bits per heavy atom. The van der Waals surface area contributed by atoms with Gasteiger partial charge in [0.05, 0.1) is 27.7 Å². The normalized spacial score (nSPS) is 22.7. The summed E-state index contributed by atoms with van der Waals surface area (Å²) >= 11 is 0. The average molecular weight is 415 g/mol. The number of carbonyl (C=O) groups excluding carboxylic acids is 1. The third-order valence-electron chi connectivity index (χ3n) is 3.96. The van der Waals surface area contributed by atoms with Crippen LogP contribution in [-0.2, 0) is 24.4 Å². The smallest absolute Gasteiger partial charge is 0.438 e. The Bertz CT molecular complexity index is 640. The first-order valence-electron chi connectivity index (χ1n) is 7.04. The van der Waals surface area contributed by atoms with Crippen LogP contribution in [0.15, 0.2) is 0 Å². The summed E-state index contributed by atoms with van der Waals surface area (Å²) in [4.78, 5) is 23.0. The molecule has 1 aliphatic rings. The van der Waals surface area contributed by atoms with E-state index >= 15 is 0 Å². The van der Waals surface area contributed by atoms with Crippen molar-refractivity contribution in [3.63, 3.8) is 0 Å². The van der Waals surface area contributed by atoms with E-state index in [0.717, 1.165) is 0 Å². The van der Waals surface area contributed by atoms with Crippen LogP contribution in [0.5, 0.6) is 0 Å². The van der Waals surface area contributed by atoms with Crippen molar-refractivity contribution in [1.82, 2.24) is 0 Å². The maximum Gasteiger partial charge on any atom is 0.438 e. The summed E-state index contributed by atoms with van der Waals surface area (Å²) in [5.41, 5.74) is -5.59. The predicted molar refractivity (Wildman–Crippen MR) is 68.6 cm³/mol. The predicted octanol–water partition coefficient (Wildman–Crippen LogP) is 1.83. The lowest BCUT2D eigenvalue weighted by Crippen LogP contribution is -2.64. The van der Waals surface area contributed by atoms with Gasteiger partial charge in [0, 0.05) is 0 Å². The molecular weight excluding hydrogens is 402 g/mol. The lowest BCUT2D eigenvalue weighted by atomic mass is 9.79. The number of hydrogen-bond acceptors (Lipinski definition) is 6. The third-order valence-corrected chi connectivity index (χ3v) is 4.72. The Morgan fingerprint density at radius 2 is 1.42 bits per heavy atom. The Balaban J connectivity index is 3.35. The number of hydrogen-bond donors (Lipinski definition) is 1. The van der Waals surface area contributed by atoms with Crippen molar-refractivity contribution >= 4 is 22.1 Å². The van der Waals surface area contributed by atoms with Crippen molar-refractivity contribution in [2.45, 2.75) is 43.6 Å². The molecule has 0 aliphatic heterocycles. The van der Waals surface area contributed by atoms with E-state index in [4.69, 9.17) is 5.11 Å². The second-order valence-electron chi connectivity index (χ2n) is 5.78. The van der Waals surface area contributed by atoms with Crippen LogP contribution >= 0.6 is 0 Å². The molecule has 152 valence electrons. The van der Waals surface area contributed by atoms with E-state index in [0.29, 0.717) is 0 Å². The van der Waals surface area contributed by atoms with E-state index in [-0.39, 0.29) is 25.7 Å². The molecule has 0 aromatic carbocycles. The molecule has 26 heavy (non-hydrogen) atoms. The largest absolute Gasteiger partial charge is 0.748 e. The van der Waals surface area contributed by atoms with Crippen molar-refractivity contribution in [3.8, 4) is 0 Å². The van der Waals surface area contributed by atoms with Crippen LogP contribution in [0.25, 0.3) is 0 Å². The van der Waals surface area contributed by atoms with Crippen LogP contribution in [0, 0.1) is 11.8 Å². The molecule has 1 fully saturated rings. The third kappa shape index (κ3) is 4.78. The van der Waals surface area contributed by atoms with Crippen molar-refractivity contribution in [3.05, 3.63) is 0 Å². The molecular formula is C12H13F6O7S-. The minimum Gasteiger partial charge on any atom is -0.748 e. The molecule has 0 spiro atoms. The molecule has 1 N–H and O–H groups in total. The molecule has 2 unspecified atom stereocenters. The molecule has 7 nitrogen and oxygen atoms in total. The Labute approximate surface area is 143 Å². The molecule has 0 bridgehead atoms. The van der Waals surface area contributed by atoms with Gasteiger partial charge in [-0.1, -0.05) is 12.8 Å². The fourth-order valence-electron chi connectivity index (χ4n) is 2.67. The summed E-state index contributed by atoms with van der Waals surface area (Å²) in [5.74, 6) is -10.3. The van der Waals surface area contributed by atoms with Crippen LogP contribution in [0.2, 0.25) is 0 Å². The highest BCUT2D eigenvalue weighted by molar-refractivity contribution is 7.85. The standard InChI is InChI=1S/C12H14F6O7S/c13-11(14,15)10(12(16,17)18,5-26(22,23)24)25-9(21)7-4-2-1-3-6(7)8(19)20/h6-7H,1-5H2,(H,19,20)(H,22,23,24)/p-1. The first-order valence-corrected chi connectivity index (χ1v) is 8.62. The van der Waals surface area contributed by atoms with Crippen molar-refractivity contribution in [2.24, 2.45) is 11.8 Å². The van der Waals surface area contributed by atoms with E-state index < -0.39 is 57.6 Å². The molecule has 0 aromatic rings. The van der Waals surface area contributed by atoms with Gasteiger partial charge >= 0.3 is 29.9 Å². The maximum atomic E-state index is 13.1. The SMILES string of the molecule is O=C(O)C1CCCCC1C(=O)OC(CS(=O)(=O)[O-])(C(F)(F)F)C(F)(F)F. The summed E-state index contributed by atoms with van der Waals surface area (Å²) in [6, 6.07) is 0. The van der Waals surface area contributed by atoms with E-state index in [9.17, 15) is 48.9 Å². The average Bonchev–Trinajstić information content (AvgIpc) is 2.42. The number of carboxylic acids is 1. The lowest BCUT2D eigenvalue weighted by Gasteiger charge is -2.38. The number of alkyl halides is 6. The van der Waals surface area contributed by atoms with Gasteiger partial charge in [-0.2, -0.15) is 26.3 Å². The number of carbonyl (C=O) groups is 2. The summed E-state index contributed by atoms with van der Waals surface area (Å²) in [6.07, 6.45) is -13.1. The molecule has 1 aliphatic carbocycles. The van der Waals surface area contributed by atoms with Crippen LogP contribution < -0.4 is 0 Å². The van der Waals surface area contributed by atoms with Crippen LogP contribution in [0.4, 0.5) is 26.3 Å². The van der Waals surface area contributed by atoms with Crippen LogP contribution in [0.1, 0.15) is 25.7 Å². The zero-order chi connectivity index (χ0) is 20.6. The zero-order valence-corrected chi connectivity index (χ0v) is 13.6. The molecule has 0 aromatic heterocycles. The molecule has 0 amide bonds. The number of aliphatic carboxylic acids is 1. The first-order chi connectivity index (χ1) is 11.5. The van der Waals surface area contributed by atoms with Crippen LogP contribution in [0.3, 0.4) is 0 Å². The monoisotopic (exact) mass is 415 g/mol. The fourth-order valence-corrected chi connectivity index (χ4v) is 3.56. The molecule has 0 heterocycles. The van der Waals surface area contributed by atoms with Crippen molar-refractivity contribution in [2.75, 3.05) is 5.75 Å². The fraction of sp³-hybridized carbons (Fsp3) is 0.833. The number of carboxylic acid groups (broad SMARTS) is 1. The second kappa shape index (κ2) is 7.21. The summed E-state index contributed by atoms with van der Waals surface area (Å²) < 4.78 is 114. The second-order valence-corrected chi connectivity index (χ2v) is 7.19. The van der Waals surface area contributed by atoms with Gasteiger partial charge in [-0.05, 0) is 12.8 Å². The minimum absolute atomic E-state index is 0.147. The van der Waals surface area contributed by atoms with Gasteiger partial charge < -0.3 is 14.4 Å². The van der Waals surface area contributed by atoms with Crippen molar-refractivity contribution in [1.29, 1.82) is 0 Å². The van der Waals surface area contributed by atoms with Gasteiger partial charge in [0.25, 0.3) is 0 Å². The Hall–Kier alpha value is -1.57. The van der Waals surface area contributed by atoms with E-state index in [2.05, 4.69) is 4.74 Å². The van der Waals surface area contributed by atoms with Gasteiger partial charge in [0.1, 0.15) is 0 Å². The number of rotatable bonds is 5. The Morgan fingerprint density at radius 3 is 1.77 bits per heavy atom. The van der Waals surface area contributed by atoms with Crippen LogP contribution in [-0.4, -0.2) is 53.7 Å². The van der Waals surface area contributed by atoms with Gasteiger partial charge in [-0.3, -0.25) is 9.59 Å². The molecule has 2 atom stereocenters. The maximum absolute atomic E-state index is 13.1. The number of halogens is 6. The zero-order valence-electron chi connectivity index (χ0n) is 12.8. The quantitative estimate of drug-likeness (QED) is 0.413. The van der Waals surface area contributed by atoms with E-state index in [1.54, 1.807) is 0 Å². The topological polar surface area (TPSA) is 121 Å². The molecule has 1 rings (SSSR count). The first kappa shape index (κ1) is 22.5. The van der Waals surface area contributed by atoms with Gasteiger partial charge in [-0.25, -0.2) is 8.42 Å². The molecule has 0 saturated heterocycles. The van der Waals surface area contributed by atoms with Crippen molar-refractivity contribution < 1.29 is 58.7 Å². The van der Waals surface area contributed by atoms with Gasteiger partial charge in [0.15, 0.2) is 0 Å². The minimum atomic E-state index is -6.48. The highest BCUT2D eigenvalue weighted by atomic mass is 32.2. The van der Waals surface area contributed by atoms with E-state index in [1.165, 1.54) is 0 Å². The summed E-state index contributed by atoms with van der Waals surface area (Å²) in [5, 5.41) is 8.96. The van der Waals surface area contributed by atoms with Gasteiger partial charge in [-0.15, -0.1) is 0 Å². The highest BCUT2D eigenvalue weighted by Crippen LogP contribution is 2.48. The number of ether oxygens (including phenoxy) is 1. The number of esters is 1.